The number of hydrogen-bond acceptors (Lipinski definition) is 4. The first kappa shape index (κ1) is 20.1. The molecule has 0 aliphatic heterocycles. The van der Waals surface area contributed by atoms with Crippen LogP contribution in [0.25, 0.3) is 0 Å². The van der Waals surface area contributed by atoms with Gasteiger partial charge in [-0.15, -0.1) is 0 Å². The Bertz CT molecular complexity index is 983. The first-order chi connectivity index (χ1) is 14.0. The van der Waals surface area contributed by atoms with Crippen LogP contribution in [-0.4, -0.2) is 18.5 Å². The number of carbonyl (C=O) groups excluding carboxylic acids is 2. The average molecular weight is 389 g/mol. The molecule has 0 bridgehead atoms. The van der Waals surface area contributed by atoms with Gasteiger partial charge in [0.25, 0.3) is 5.91 Å². The molecule has 0 spiro atoms. The smallest absolute Gasteiger partial charge is 0.338 e. The molecule has 0 aliphatic rings. The van der Waals surface area contributed by atoms with E-state index < -0.39 is 5.97 Å². The standard InChI is InChI=1S/C24H23NO4/c1-17(2)21-13-6-7-14-22(21)25-23(26)16-28-24(27)18-9-8-12-20(15-18)29-19-10-4-3-5-11-19/h3-15,17H,16H2,1-2H3,(H,25,26). The van der Waals surface area contributed by atoms with Crippen molar-refractivity contribution in [3.63, 3.8) is 0 Å². The van der Waals surface area contributed by atoms with Crippen LogP contribution in [0.4, 0.5) is 5.69 Å². The predicted octanol–water partition coefficient (Wildman–Crippen LogP) is 5.40. The molecule has 29 heavy (non-hydrogen) atoms. The summed E-state index contributed by atoms with van der Waals surface area (Å²) in [5.41, 5.74) is 2.06. The zero-order chi connectivity index (χ0) is 20.6. The lowest BCUT2D eigenvalue weighted by molar-refractivity contribution is -0.119. The first-order valence-electron chi connectivity index (χ1n) is 9.42. The molecule has 0 heterocycles. The van der Waals surface area contributed by atoms with E-state index in [1.807, 2.05) is 54.6 Å². The second kappa shape index (κ2) is 9.55. The SMILES string of the molecule is CC(C)c1ccccc1NC(=O)COC(=O)c1cccc(Oc2ccccc2)c1. The van der Waals surface area contributed by atoms with Crippen molar-refractivity contribution in [3.8, 4) is 11.5 Å². The normalized spacial score (nSPS) is 10.4. The fraction of sp³-hybridized carbons (Fsp3) is 0.167. The molecule has 148 valence electrons. The van der Waals surface area contributed by atoms with Crippen molar-refractivity contribution in [1.29, 1.82) is 0 Å². The molecule has 0 radical (unpaired) electrons. The molecular formula is C24H23NO4. The van der Waals surface area contributed by atoms with Gasteiger partial charge < -0.3 is 14.8 Å². The molecular weight excluding hydrogens is 366 g/mol. The van der Waals surface area contributed by atoms with Crippen LogP contribution in [-0.2, 0) is 9.53 Å². The van der Waals surface area contributed by atoms with Crippen LogP contribution in [0.3, 0.4) is 0 Å². The summed E-state index contributed by atoms with van der Waals surface area (Å²) in [6, 6.07) is 23.5. The third-order valence-corrected chi connectivity index (χ3v) is 4.24. The van der Waals surface area contributed by atoms with Crippen molar-refractivity contribution >= 4 is 17.6 Å². The van der Waals surface area contributed by atoms with E-state index in [1.165, 1.54) is 0 Å². The summed E-state index contributed by atoms with van der Waals surface area (Å²) < 4.78 is 10.9. The van der Waals surface area contributed by atoms with E-state index in [4.69, 9.17) is 9.47 Å². The maximum atomic E-state index is 12.3. The van der Waals surface area contributed by atoms with Gasteiger partial charge in [-0.3, -0.25) is 4.79 Å². The molecule has 3 aromatic rings. The summed E-state index contributed by atoms with van der Waals surface area (Å²) >= 11 is 0. The quantitative estimate of drug-likeness (QED) is 0.550. The minimum absolute atomic E-state index is 0.265. The van der Waals surface area contributed by atoms with Gasteiger partial charge in [0.15, 0.2) is 6.61 Å². The Morgan fingerprint density at radius 3 is 2.31 bits per heavy atom. The number of rotatable bonds is 7. The van der Waals surface area contributed by atoms with Crippen LogP contribution < -0.4 is 10.1 Å². The number of carbonyl (C=O) groups is 2. The minimum Gasteiger partial charge on any atom is -0.457 e. The third kappa shape index (κ3) is 5.69. The number of anilines is 1. The number of para-hydroxylation sites is 2. The average Bonchev–Trinajstić information content (AvgIpc) is 2.73. The highest BCUT2D eigenvalue weighted by Crippen LogP contribution is 2.24. The summed E-state index contributed by atoms with van der Waals surface area (Å²) in [4.78, 5) is 24.5. The number of ether oxygens (including phenoxy) is 2. The van der Waals surface area contributed by atoms with E-state index in [2.05, 4.69) is 19.2 Å². The molecule has 1 N–H and O–H groups in total. The van der Waals surface area contributed by atoms with Crippen LogP contribution in [0.5, 0.6) is 11.5 Å². The number of hydrogen-bond donors (Lipinski definition) is 1. The largest absolute Gasteiger partial charge is 0.457 e. The molecule has 0 aliphatic carbocycles. The summed E-state index contributed by atoms with van der Waals surface area (Å²) in [7, 11) is 0. The van der Waals surface area contributed by atoms with Crippen LogP contribution in [0.1, 0.15) is 35.7 Å². The van der Waals surface area contributed by atoms with Crippen molar-refractivity contribution in [1.82, 2.24) is 0 Å². The molecule has 5 nitrogen and oxygen atoms in total. The molecule has 1 amide bonds. The minimum atomic E-state index is -0.587. The molecule has 0 fully saturated rings. The van der Waals surface area contributed by atoms with Gasteiger partial charge in [0.05, 0.1) is 5.56 Å². The van der Waals surface area contributed by atoms with Gasteiger partial charge in [-0.2, -0.15) is 0 Å². The van der Waals surface area contributed by atoms with Gasteiger partial charge >= 0.3 is 5.97 Å². The summed E-state index contributed by atoms with van der Waals surface area (Å²) in [6.07, 6.45) is 0. The lowest BCUT2D eigenvalue weighted by Gasteiger charge is -2.13. The number of esters is 1. The van der Waals surface area contributed by atoms with Crippen LogP contribution in [0.15, 0.2) is 78.9 Å². The molecule has 3 aromatic carbocycles. The maximum Gasteiger partial charge on any atom is 0.338 e. The van der Waals surface area contributed by atoms with Crippen molar-refractivity contribution in [3.05, 3.63) is 90.0 Å². The van der Waals surface area contributed by atoms with Crippen molar-refractivity contribution in [2.45, 2.75) is 19.8 Å². The van der Waals surface area contributed by atoms with E-state index in [1.54, 1.807) is 24.3 Å². The van der Waals surface area contributed by atoms with Gasteiger partial charge in [0.2, 0.25) is 0 Å². The number of amides is 1. The topological polar surface area (TPSA) is 64.6 Å². The highest BCUT2D eigenvalue weighted by molar-refractivity contribution is 5.96. The predicted molar refractivity (Wildman–Crippen MR) is 112 cm³/mol. The van der Waals surface area contributed by atoms with E-state index >= 15 is 0 Å². The van der Waals surface area contributed by atoms with Gasteiger partial charge in [-0.05, 0) is 47.9 Å². The van der Waals surface area contributed by atoms with Crippen molar-refractivity contribution in [2.75, 3.05) is 11.9 Å². The Kier molecular flexibility index (Phi) is 6.63. The first-order valence-corrected chi connectivity index (χ1v) is 9.42. The number of nitrogens with one attached hydrogen (secondary N) is 1. The number of benzene rings is 3. The zero-order valence-corrected chi connectivity index (χ0v) is 16.4. The van der Waals surface area contributed by atoms with Crippen molar-refractivity contribution in [2.24, 2.45) is 0 Å². The molecule has 0 saturated heterocycles. The Balaban J connectivity index is 1.58. The van der Waals surface area contributed by atoms with Gasteiger partial charge in [0, 0.05) is 5.69 Å². The van der Waals surface area contributed by atoms with Crippen molar-refractivity contribution < 1.29 is 19.1 Å². The Hall–Kier alpha value is -3.60. The summed E-state index contributed by atoms with van der Waals surface area (Å²) in [5, 5.41) is 2.80. The van der Waals surface area contributed by atoms with E-state index in [9.17, 15) is 9.59 Å². The second-order valence-electron chi connectivity index (χ2n) is 6.81. The molecule has 0 unspecified atom stereocenters. The lowest BCUT2D eigenvalue weighted by atomic mass is 10.0. The molecule has 0 saturated carbocycles. The van der Waals surface area contributed by atoms with E-state index in [-0.39, 0.29) is 18.4 Å². The molecule has 3 rings (SSSR count). The highest BCUT2D eigenvalue weighted by Gasteiger charge is 2.13. The van der Waals surface area contributed by atoms with Gasteiger partial charge in [0.1, 0.15) is 11.5 Å². The fourth-order valence-corrected chi connectivity index (χ4v) is 2.83. The van der Waals surface area contributed by atoms with Crippen LogP contribution >= 0.6 is 0 Å². The Labute approximate surface area is 170 Å². The molecule has 5 heteroatoms. The molecule has 0 atom stereocenters. The summed E-state index contributed by atoms with van der Waals surface area (Å²) in [5.74, 6) is 0.475. The van der Waals surface area contributed by atoms with Crippen LogP contribution in [0.2, 0.25) is 0 Å². The van der Waals surface area contributed by atoms with E-state index in [0.29, 0.717) is 17.1 Å². The Morgan fingerprint density at radius 1 is 0.862 bits per heavy atom. The van der Waals surface area contributed by atoms with E-state index in [0.717, 1.165) is 11.3 Å². The second-order valence-corrected chi connectivity index (χ2v) is 6.81. The third-order valence-electron chi connectivity index (χ3n) is 4.24. The maximum absolute atomic E-state index is 12.3. The van der Waals surface area contributed by atoms with Crippen LogP contribution in [0, 0.1) is 0 Å². The fourth-order valence-electron chi connectivity index (χ4n) is 2.83. The van der Waals surface area contributed by atoms with Gasteiger partial charge in [-0.25, -0.2) is 4.79 Å². The van der Waals surface area contributed by atoms with Gasteiger partial charge in [-0.1, -0.05) is 56.3 Å². The Morgan fingerprint density at radius 2 is 1.55 bits per heavy atom. The monoisotopic (exact) mass is 389 g/mol. The molecule has 0 aromatic heterocycles. The summed E-state index contributed by atoms with van der Waals surface area (Å²) in [6.45, 7) is 3.74. The zero-order valence-electron chi connectivity index (χ0n) is 16.4. The highest BCUT2D eigenvalue weighted by atomic mass is 16.5. The lowest BCUT2D eigenvalue weighted by Crippen LogP contribution is -2.21.